The van der Waals surface area contributed by atoms with Gasteiger partial charge in [-0.2, -0.15) is 0 Å². The summed E-state index contributed by atoms with van der Waals surface area (Å²) in [5.41, 5.74) is 7.13. The lowest BCUT2D eigenvalue weighted by atomic mass is 10.1. The van der Waals surface area contributed by atoms with Crippen LogP contribution in [0.3, 0.4) is 0 Å². The molecule has 0 aromatic heterocycles. The first-order valence-corrected chi connectivity index (χ1v) is 7.10. The van der Waals surface area contributed by atoms with Crippen molar-refractivity contribution in [1.29, 1.82) is 0 Å². The molecule has 3 N–H and O–H groups in total. The number of nitrogens with two attached hydrogens (primary N) is 1. The lowest BCUT2D eigenvalue weighted by Crippen LogP contribution is -2.46. The van der Waals surface area contributed by atoms with E-state index in [4.69, 9.17) is 10.5 Å². The van der Waals surface area contributed by atoms with Crippen molar-refractivity contribution >= 4 is 17.5 Å². The largest absolute Gasteiger partial charge is 0.482 e. The van der Waals surface area contributed by atoms with E-state index in [-0.39, 0.29) is 31.0 Å². The van der Waals surface area contributed by atoms with Gasteiger partial charge in [-0.05, 0) is 31.0 Å². The molecule has 0 fully saturated rings. The van der Waals surface area contributed by atoms with Gasteiger partial charge in [0.1, 0.15) is 12.3 Å². The Hall–Kier alpha value is -2.08. The normalized spacial score (nSPS) is 15.2. The molecule has 21 heavy (non-hydrogen) atoms. The van der Waals surface area contributed by atoms with Gasteiger partial charge in [0.25, 0.3) is 5.91 Å². The summed E-state index contributed by atoms with van der Waals surface area (Å²) in [6.45, 7) is 4.27. The number of nitrogens with one attached hydrogen (secondary N) is 1. The van der Waals surface area contributed by atoms with E-state index in [0.717, 1.165) is 12.0 Å². The first-order valence-electron chi connectivity index (χ1n) is 7.10. The van der Waals surface area contributed by atoms with Crippen LogP contribution in [0.4, 0.5) is 5.69 Å². The van der Waals surface area contributed by atoms with Crippen molar-refractivity contribution in [2.75, 3.05) is 18.1 Å². The Morgan fingerprint density at radius 2 is 2.29 bits per heavy atom. The van der Waals surface area contributed by atoms with Gasteiger partial charge in [-0.25, -0.2) is 0 Å². The minimum Gasteiger partial charge on any atom is -0.482 e. The van der Waals surface area contributed by atoms with E-state index in [0.29, 0.717) is 18.0 Å². The first-order chi connectivity index (χ1) is 10.0. The number of hydrogen-bond donors (Lipinski definition) is 2. The van der Waals surface area contributed by atoms with Crippen LogP contribution in [-0.4, -0.2) is 31.0 Å². The highest BCUT2D eigenvalue weighted by atomic mass is 16.5. The molecule has 2 rings (SSSR count). The third-order valence-electron chi connectivity index (χ3n) is 3.52. The van der Waals surface area contributed by atoms with E-state index in [9.17, 15) is 9.59 Å². The fourth-order valence-corrected chi connectivity index (χ4v) is 2.12. The van der Waals surface area contributed by atoms with Crippen LogP contribution in [-0.2, 0) is 16.1 Å². The summed E-state index contributed by atoms with van der Waals surface area (Å²) in [5, 5.41) is 2.86. The monoisotopic (exact) mass is 291 g/mol. The van der Waals surface area contributed by atoms with Crippen LogP contribution >= 0.6 is 0 Å². The third kappa shape index (κ3) is 3.52. The Bertz CT molecular complexity index is 545. The van der Waals surface area contributed by atoms with Gasteiger partial charge in [0.15, 0.2) is 6.61 Å². The Morgan fingerprint density at radius 3 is 2.95 bits per heavy atom. The maximum atomic E-state index is 12.0. The van der Waals surface area contributed by atoms with Crippen LogP contribution in [0.2, 0.25) is 0 Å². The first kappa shape index (κ1) is 15.3. The molecule has 0 saturated carbocycles. The Kier molecular flexibility index (Phi) is 4.80. The minimum atomic E-state index is -0.220. The van der Waals surface area contributed by atoms with Crippen molar-refractivity contribution in [3.05, 3.63) is 23.8 Å². The lowest BCUT2D eigenvalue weighted by Gasteiger charge is -2.29. The number of rotatable bonds is 5. The molecule has 0 radical (unpaired) electrons. The smallest absolute Gasteiger partial charge is 0.265 e. The van der Waals surface area contributed by atoms with Crippen LogP contribution in [0, 0.1) is 0 Å². The molecule has 0 aliphatic carbocycles. The van der Waals surface area contributed by atoms with E-state index in [1.54, 1.807) is 12.1 Å². The molecular formula is C15H21N3O3. The summed E-state index contributed by atoms with van der Waals surface area (Å²) in [6.07, 6.45) is 0.846. The number of benzene rings is 1. The molecule has 0 saturated heterocycles. The fourth-order valence-electron chi connectivity index (χ4n) is 2.12. The quantitative estimate of drug-likeness (QED) is 0.840. The van der Waals surface area contributed by atoms with Gasteiger partial charge in [0.2, 0.25) is 5.91 Å². The van der Waals surface area contributed by atoms with Crippen molar-refractivity contribution in [3.63, 3.8) is 0 Å². The zero-order valence-corrected chi connectivity index (χ0v) is 12.4. The zero-order valence-electron chi connectivity index (χ0n) is 12.4. The maximum absolute atomic E-state index is 12.0. The van der Waals surface area contributed by atoms with Crippen molar-refractivity contribution in [2.45, 2.75) is 32.9 Å². The predicted molar refractivity (Wildman–Crippen MR) is 80.1 cm³/mol. The van der Waals surface area contributed by atoms with Crippen LogP contribution in [0.25, 0.3) is 0 Å². The van der Waals surface area contributed by atoms with E-state index >= 15 is 0 Å². The van der Waals surface area contributed by atoms with Crippen molar-refractivity contribution < 1.29 is 14.3 Å². The van der Waals surface area contributed by atoms with E-state index in [2.05, 4.69) is 5.32 Å². The second-order valence-electron chi connectivity index (χ2n) is 5.15. The van der Waals surface area contributed by atoms with Gasteiger partial charge in [0.05, 0.1) is 5.69 Å². The number of carbonyl (C=O) groups excluding carboxylic acids is 2. The molecule has 1 heterocycles. The summed E-state index contributed by atoms with van der Waals surface area (Å²) in [4.78, 5) is 25.4. The summed E-state index contributed by atoms with van der Waals surface area (Å²) < 4.78 is 5.41. The molecular weight excluding hydrogens is 270 g/mol. The predicted octanol–water partition coefficient (Wildman–Crippen LogP) is 0.785. The molecule has 1 aliphatic rings. The highest BCUT2D eigenvalue weighted by Crippen LogP contribution is 2.32. The van der Waals surface area contributed by atoms with Crippen LogP contribution in [0.1, 0.15) is 25.8 Å². The molecule has 114 valence electrons. The molecule has 0 bridgehead atoms. The summed E-state index contributed by atoms with van der Waals surface area (Å²) in [5.74, 6) is 0.199. The number of amides is 2. The molecule has 1 aliphatic heterocycles. The second-order valence-corrected chi connectivity index (χ2v) is 5.15. The highest BCUT2D eigenvalue weighted by Gasteiger charge is 2.27. The third-order valence-corrected chi connectivity index (χ3v) is 3.52. The SMILES string of the molecule is CCC(C)NC(=O)CN1C(=O)COc2cc(CN)ccc21. The van der Waals surface area contributed by atoms with Gasteiger partial charge in [0, 0.05) is 12.6 Å². The summed E-state index contributed by atoms with van der Waals surface area (Å²) in [6, 6.07) is 5.50. The molecule has 1 atom stereocenters. The Labute approximate surface area is 124 Å². The molecule has 1 aromatic rings. The highest BCUT2D eigenvalue weighted by molar-refractivity contribution is 6.02. The van der Waals surface area contributed by atoms with Gasteiger partial charge in [-0.15, -0.1) is 0 Å². The maximum Gasteiger partial charge on any atom is 0.265 e. The fraction of sp³-hybridized carbons (Fsp3) is 0.467. The van der Waals surface area contributed by atoms with Crippen molar-refractivity contribution in [3.8, 4) is 5.75 Å². The van der Waals surface area contributed by atoms with Crippen LogP contribution in [0.5, 0.6) is 5.75 Å². The average molecular weight is 291 g/mol. The van der Waals surface area contributed by atoms with Gasteiger partial charge in [-0.3, -0.25) is 14.5 Å². The molecule has 1 unspecified atom stereocenters. The number of hydrogen-bond acceptors (Lipinski definition) is 4. The molecule has 6 heteroatoms. The lowest BCUT2D eigenvalue weighted by molar-refractivity contribution is -0.125. The van der Waals surface area contributed by atoms with Crippen molar-refractivity contribution in [2.24, 2.45) is 5.73 Å². The number of nitrogens with zero attached hydrogens (tertiary/aromatic N) is 1. The summed E-state index contributed by atoms with van der Waals surface area (Å²) in [7, 11) is 0. The number of ether oxygens (including phenoxy) is 1. The van der Waals surface area contributed by atoms with Crippen molar-refractivity contribution in [1.82, 2.24) is 5.32 Å². The van der Waals surface area contributed by atoms with Gasteiger partial charge in [-0.1, -0.05) is 13.0 Å². The van der Waals surface area contributed by atoms with Crippen LogP contribution < -0.4 is 20.7 Å². The van der Waals surface area contributed by atoms with E-state index < -0.39 is 0 Å². The molecule has 6 nitrogen and oxygen atoms in total. The molecule has 1 aromatic carbocycles. The molecule has 0 spiro atoms. The van der Waals surface area contributed by atoms with E-state index in [1.807, 2.05) is 19.9 Å². The number of anilines is 1. The number of carbonyl (C=O) groups is 2. The second kappa shape index (κ2) is 6.58. The van der Waals surface area contributed by atoms with E-state index in [1.165, 1.54) is 4.90 Å². The number of fused-ring (bicyclic) bond motifs is 1. The average Bonchev–Trinajstić information content (AvgIpc) is 2.49. The Morgan fingerprint density at radius 1 is 1.52 bits per heavy atom. The van der Waals surface area contributed by atoms with Gasteiger partial charge < -0.3 is 15.8 Å². The van der Waals surface area contributed by atoms with Crippen LogP contribution in [0.15, 0.2) is 18.2 Å². The zero-order chi connectivity index (χ0) is 15.4. The summed E-state index contributed by atoms with van der Waals surface area (Å²) >= 11 is 0. The Balaban J connectivity index is 2.16. The van der Waals surface area contributed by atoms with Gasteiger partial charge >= 0.3 is 0 Å². The molecule has 2 amide bonds. The standard InChI is InChI=1S/C15H21N3O3/c1-3-10(2)17-14(19)8-18-12-5-4-11(7-16)6-13(12)21-9-15(18)20/h4-6,10H,3,7-9,16H2,1-2H3,(H,17,19). The topological polar surface area (TPSA) is 84.7 Å². The minimum absolute atomic E-state index is 0.00149.